The van der Waals surface area contributed by atoms with E-state index in [-0.39, 0.29) is 17.1 Å². The van der Waals surface area contributed by atoms with Gasteiger partial charge in [0, 0.05) is 0 Å². The third kappa shape index (κ3) is 2.82. The number of phenolic OH excluding ortho intramolecular Hbond substituents is 1. The van der Waals surface area contributed by atoms with Gasteiger partial charge in [-0.25, -0.2) is 13.6 Å². The number of aromatic carboxylic acids is 1. The number of hydrogen-bond acceptors (Lipinski definition) is 3. The predicted molar refractivity (Wildman–Crippen MR) is 51.4 cm³/mol. The molecule has 2 N–H and O–H groups in total. The van der Waals surface area contributed by atoms with Gasteiger partial charge >= 0.3 is 5.97 Å². The maximum atomic E-state index is 12.2. The molecule has 0 bridgehead atoms. The van der Waals surface area contributed by atoms with Crippen molar-refractivity contribution in [3.63, 3.8) is 0 Å². The highest BCUT2D eigenvalue weighted by atomic mass is 19.1. The van der Waals surface area contributed by atoms with E-state index in [0.29, 0.717) is 0 Å². The minimum Gasteiger partial charge on any atom is -0.508 e. The molecular weight excluding hydrogens is 222 g/mol. The summed E-state index contributed by atoms with van der Waals surface area (Å²) >= 11 is 0. The number of carboxylic acid groups (broad SMARTS) is 1. The molecule has 0 aliphatic carbocycles. The molecule has 4 nitrogen and oxygen atoms in total. The van der Waals surface area contributed by atoms with Gasteiger partial charge in [0.15, 0.2) is 6.10 Å². The monoisotopic (exact) mass is 232 g/mol. The van der Waals surface area contributed by atoms with E-state index in [1.165, 1.54) is 6.07 Å². The van der Waals surface area contributed by atoms with E-state index in [4.69, 9.17) is 14.9 Å². The minimum atomic E-state index is -1.35. The smallest absolute Gasteiger partial charge is 0.339 e. The van der Waals surface area contributed by atoms with Crippen molar-refractivity contribution in [1.82, 2.24) is 0 Å². The number of carboxylic acids is 1. The van der Waals surface area contributed by atoms with Gasteiger partial charge < -0.3 is 14.9 Å². The summed E-state index contributed by atoms with van der Waals surface area (Å²) in [5.41, 5.74) is -0.341. The molecule has 0 atom stereocenters. The molecule has 0 amide bonds. The second-order valence-electron chi connectivity index (χ2n) is 3.03. The number of aromatic hydroxyl groups is 1. The van der Waals surface area contributed by atoms with Crippen molar-refractivity contribution < 1.29 is 28.5 Å². The number of ether oxygens (including phenoxy) is 1. The van der Waals surface area contributed by atoms with E-state index in [0.717, 1.165) is 12.1 Å². The summed E-state index contributed by atoms with van der Waals surface area (Å²) in [7, 11) is 0. The quantitative estimate of drug-likeness (QED) is 0.812. The standard InChI is InChI=1S/C10H10F2O4/c11-4-7(5-12)16-9-2-1-6(13)3-8(9)10(14)15/h1-3,7,13H,4-5H2,(H,14,15). The summed E-state index contributed by atoms with van der Waals surface area (Å²) in [5, 5.41) is 17.8. The van der Waals surface area contributed by atoms with Crippen molar-refractivity contribution in [1.29, 1.82) is 0 Å². The van der Waals surface area contributed by atoms with Crippen LogP contribution in [0.25, 0.3) is 0 Å². The Morgan fingerprint density at radius 3 is 2.50 bits per heavy atom. The Balaban J connectivity index is 2.98. The van der Waals surface area contributed by atoms with Crippen LogP contribution in [-0.4, -0.2) is 35.6 Å². The summed E-state index contributed by atoms with van der Waals surface area (Å²) in [6, 6.07) is 3.28. The van der Waals surface area contributed by atoms with Crippen LogP contribution in [0.3, 0.4) is 0 Å². The van der Waals surface area contributed by atoms with Crippen LogP contribution in [0, 0.1) is 0 Å². The summed E-state index contributed by atoms with van der Waals surface area (Å²) in [4.78, 5) is 10.8. The van der Waals surface area contributed by atoms with E-state index < -0.39 is 25.4 Å². The summed E-state index contributed by atoms with van der Waals surface area (Å²) < 4.78 is 29.2. The van der Waals surface area contributed by atoms with E-state index in [1.54, 1.807) is 0 Å². The van der Waals surface area contributed by atoms with E-state index in [1.807, 2.05) is 0 Å². The molecule has 0 radical (unpaired) electrons. The third-order valence-corrected chi connectivity index (χ3v) is 1.83. The Kier molecular flexibility index (Phi) is 4.04. The highest BCUT2D eigenvalue weighted by Gasteiger charge is 2.16. The van der Waals surface area contributed by atoms with E-state index >= 15 is 0 Å². The second-order valence-corrected chi connectivity index (χ2v) is 3.03. The van der Waals surface area contributed by atoms with Crippen molar-refractivity contribution in [2.24, 2.45) is 0 Å². The molecule has 0 unspecified atom stereocenters. The lowest BCUT2D eigenvalue weighted by Crippen LogP contribution is -2.22. The van der Waals surface area contributed by atoms with Gasteiger partial charge in [0.25, 0.3) is 0 Å². The maximum absolute atomic E-state index is 12.2. The second kappa shape index (κ2) is 5.29. The van der Waals surface area contributed by atoms with Crippen molar-refractivity contribution in [3.05, 3.63) is 23.8 Å². The van der Waals surface area contributed by atoms with Gasteiger partial charge in [-0.05, 0) is 18.2 Å². The van der Waals surface area contributed by atoms with Crippen LogP contribution < -0.4 is 4.74 Å². The highest BCUT2D eigenvalue weighted by molar-refractivity contribution is 5.91. The summed E-state index contributed by atoms with van der Waals surface area (Å²) in [5.74, 6) is -1.78. The molecule has 0 aromatic heterocycles. The average molecular weight is 232 g/mol. The van der Waals surface area contributed by atoms with Gasteiger partial charge in [0.05, 0.1) is 0 Å². The number of rotatable bonds is 5. The molecule has 88 valence electrons. The molecule has 1 aromatic carbocycles. The lowest BCUT2D eigenvalue weighted by Gasteiger charge is -2.14. The maximum Gasteiger partial charge on any atom is 0.339 e. The highest BCUT2D eigenvalue weighted by Crippen LogP contribution is 2.24. The zero-order valence-electron chi connectivity index (χ0n) is 8.19. The van der Waals surface area contributed by atoms with Crippen LogP contribution in [0.4, 0.5) is 8.78 Å². The lowest BCUT2D eigenvalue weighted by molar-refractivity contribution is 0.0682. The lowest BCUT2D eigenvalue weighted by atomic mass is 10.2. The van der Waals surface area contributed by atoms with Gasteiger partial charge in [0.1, 0.15) is 30.4 Å². The number of alkyl halides is 2. The van der Waals surface area contributed by atoms with Gasteiger partial charge in [-0.15, -0.1) is 0 Å². The molecule has 1 rings (SSSR count). The Bertz CT molecular complexity index is 377. The molecule has 0 spiro atoms. The molecule has 0 aliphatic heterocycles. The fourth-order valence-electron chi connectivity index (χ4n) is 1.07. The first-order valence-corrected chi connectivity index (χ1v) is 4.43. The number of carbonyl (C=O) groups is 1. The number of halogens is 2. The van der Waals surface area contributed by atoms with Crippen LogP contribution in [0.15, 0.2) is 18.2 Å². The molecular formula is C10H10F2O4. The predicted octanol–water partition coefficient (Wildman–Crippen LogP) is 1.78. The van der Waals surface area contributed by atoms with E-state index in [2.05, 4.69) is 0 Å². The van der Waals surface area contributed by atoms with Crippen LogP contribution in [0.5, 0.6) is 11.5 Å². The third-order valence-electron chi connectivity index (χ3n) is 1.83. The van der Waals surface area contributed by atoms with Crippen LogP contribution in [-0.2, 0) is 0 Å². The van der Waals surface area contributed by atoms with Gasteiger partial charge in [0.2, 0.25) is 0 Å². The van der Waals surface area contributed by atoms with Crippen molar-refractivity contribution >= 4 is 5.97 Å². The van der Waals surface area contributed by atoms with E-state index in [9.17, 15) is 13.6 Å². The molecule has 6 heteroatoms. The summed E-state index contributed by atoms with van der Waals surface area (Å²) in [6.07, 6.45) is -1.33. The number of hydrogen-bond donors (Lipinski definition) is 2. The Labute approximate surface area is 90.1 Å². The Morgan fingerprint density at radius 2 is 2.00 bits per heavy atom. The molecule has 0 saturated heterocycles. The average Bonchev–Trinajstić information content (AvgIpc) is 2.27. The first kappa shape index (κ1) is 12.2. The normalized spacial score (nSPS) is 10.4. The van der Waals surface area contributed by atoms with Gasteiger partial charge in [-0.1, -0.05) is 0 Å². The number of benzene rings is 1. The van der Waals surface area contributed by atoms with Crippen molar-refractivity contribution in [2.75, 3.05) is 13.3 Å². The van der Waals surface area contributed by atoms with Crippen molar-refractivity contribution in [3.8, 4) is 11.5 Å². The van der Waals surface area contributed by atoms with Crippen LogP contribution >= 0.6 is 0 Å². The largest absolute Gasteiger partial charge is 0.508 e. The first-order chi connectivity index (χ1) is 7.58. The van der Waals surface area contributed by atoms with Crippen molar-refractivity contribution in [2.45, 2.75) is 6.10 Å². The topological polar surface area (TPSA) is 66.8 Å². The fraction of sp³-hybridized carbons (Fsp3) is 0.300. The summed E-state index contributed by atoms with van der Waals surface area (Å²) in [6.45, 7) is -2.12. The zero-order valence-corrected chi connectivity index (χ0v) is 8.19. The first-order valence-electron chi connectivity index (χ1n) is 4.43. The van der Waals surface area contributed by atoms with Crippen LogP contribution in [0.2, 0.25) is 0 Å². The molecule has 0 saturated carbocycles. The SMILES string of the molecule is O=C(O)c1cc(O)ccc1OC(CF)CF. The fourth-order valence-corrected chi connectivity index (χ4v) is 1.07. The molecule has 0 aliphatic rings. The Hall–Kier alpha value is -1.85. The van der Waals surface area contributed by atoms with Crippen LogP contribution in [0.1, 0.15) is 10.4 Å². The Morgan fingerprint density at radius 1 is 1.38 bits per heavy atom. The van der Waals surface area contributed by atoms with Gasteiger partial charge in [-0.3, -0.25) is 0 Å². The molecule has 16 heavy (non-hydrogen) atoms. The zero-order chi connectivity index (χ0) is 12.1. The molecule has 1 aromatic rings. The minimum absolute atomic E-state index is 0.175. The number of phenols is 1. The molecule has 0 heterocycles. The van der Waals surface area contributed by atoms with Gasteiger partial charge in [-0.2, -0.15) is 0 Å². The molecule has 0 fully saturated rings.